The van der Waals surface area contributed by atoms with Gasteiger partial charge in [-0.3, -0.25) is 14.9 Å². The molecule has 0 bridgehead atoms. The fourth-order valence-corrected chi connectivity index (χ4v) is 2.78. The van der Waals surface area contributed by atoms with Crippen LogP contribution in [-0.2, 0) is 0 Å². The highest BCUT2D eigenvalue weighted by Gasteiger charge is 2.18. The van der Waals surface area contributed by atoms with Crippen LogP contribution >= 0.6 is 11.3 Å². The molecule has 0 aliphatic carbocycles. The van der Waals surface area contributed by atoms with Gasteiger partial charge in [-0.2, -0.15) is 10.4 Å². The third-order valence-electron chi connectivity index (χ3n) is 3.05. The fraction of sp³-hybridized carbons (Fsp3) is 0.0714. The minimum absolute atomic E-state index is 0.241. The number of carbonyl (C=O) groups excluding carboxylic acids is 1. The van der Waals surface area contributed by atoms with E-state index in [1.54, 1.807) is 6.92 Å². The van der Waals surface area contributed by atoms with Crippen LogP contribution in [0.5, 0.6) is 5.75 Å². The van der Waals surface area contributed by atoms with E-state index < -0.39 is 22.3 Å². The van der Waals surface area contributed by atoms with Crippen LogP contribution in [0.15, 0.2) is 23.3 Å². The summed E-state index contributed by atoms with van der Waals surface area (Å²) in [6.45, 7) is 1.60. The van der Waals surface area contributed by atoms with Crippen LogP contribution in [0, 0.1) is 28.4 Å². The van der Waals surface area contributed by atoms with Crippen molar-refractivity contribution in [2.45, 2.75) is 6.92 Å². The molecule has 1 aromatic carbocycles. The third-order valence-corrected chi connectivity index (χ3v) is 4.17. The molecular formula is C14H10N5O4S-. The maximum absolute atomic E-state index is 12.0. The maximum Gasteiger partial charge on any atom is 0.281 e. The first-order chi connectivity index (χ1) is 11.3. The quantitative estimate of drug-likeness (QED) is 0.482. The van der Waals surface area contributed by atoms with E-state index in [-0.39, 0.29) is 21.0 Å². The number of nitrogens with two attached hydrogens (primary N) is 1. The summed E-state index contributed by atoms with van der Waals surface area (Å²) in [7, 11) is 0. The molecule has 1 amide bonds. The summed E-state index contributed by atoms with van der Waals surface area (Å²) in [5, 5.41) is 34.9. The van der Waals surface area contributed by atoms with Crippen LogP contribution in [-0.4, -0.2) is 17.0 Å². The van der Waals surface area contributed by atoms with Crippen LogP contribution < -0.4 is 16.3 Å². The minimum Gasteiger partial charge on any atom is -0.868 e. The minimum atomic E-state index is -0.792. The van der Waals surface area contributed by atoms with E-state index in [2.05, 4.69) is 10.5 Å². The maximum atomic E-state index is 12.0. The Morgan fingerprint density at radius 1 is 1.54 bits per heavy atom. The van der Waals surface area contributed by atoms with Gasteiger partial charge in [0.25, 0.3) is 11.6 Å². The van der Waals surface area contributed by atoms with Crippen LogP contribution in [0.2, 0.25) is 0 Å². The number of benzene rings is 1. The molecule has 0 saturated heterocycles. The number of nitro groups is 1. The van der Waals surface area contributed by atoms with Crippen LogP contribution in [0.25, 0.3) is 0 Å². The number of hydrazone groups is 1. The van der Waals surface area contributed by atoms with E-state index in [0.717, 1.165) is 23.5 Å². The normalized spacial score (nSPS) is 10.5. The first-order valence-electron chi connectivity index (χ1n) is 6.43. The summed E-state index contributed by atoms with van der Waals surface area (Å²) < 4.78 is 0. The number of nitrogens with zero attached hydrogens (tertiary/aromatic N) is 3. The molecule has 2 rings (SSSR count). The van der Waals surface area contributed by atoms with Gasteiger partial charge in [-0.25, -0.2) is 5.43 Å². The van der Waals surface area contributed by atoms with E-state index in [4.69, 9.17) is 11.0 Å². The Balaban J connectivity index is 2.15. The van der Waals surface area contributed by atoms with E-state index in [1.165, 1.54) is 12.3 Å². The van der Waals surface area contributed by atoms with Gasteiger partial charge in [0.2, 0.25) is 0 Å². The number of rotatable bonds is 4. The van der Waals surface area contributed by atoms with Crippen molar-refractivity contribution in [3.8, 4) is 11.8 Å². The Kier molecular flexibility index (Phi) is 4.76. The SMILES string of the molecule is Cc1c(C(=O)N/N=C\c2ccc([O-])c([N+](=O)[O-])c2)sc(N)c1C#N. The molecule has 0 atom stereocenters. The van der Waals surface area contributed by atoms with Crippen molar-refractivity contribution in [1.82, 2.24) is 5.43 Å². The molecule has 9 nitrogen and oxygen atoms in total. The lowest BCUT2D eigenvalue weighted by atomic mass is 10.2. The lowest BCUT2D eigenvalue weighted by Crippen LogP contribution is -2.17. The molecule has 0 saturated carbocycles. The summed E-state index contributed by atoms with van der Waals surface area (Å²) in [5.74, 6) is -1.27. The van der Waals surface area contributed by atoms with E-state index in [1.807, 2.05) is 6.07 Å². The first-order valence-corrected chi connectivity index (χ1v) is 7.24. The average molecular weight is 344 g/mol. The van der Waals surface area contributed by atoms with Crippen LogP contribution in [0.1, 0.15) is 26.4 Å². The number of amides is 1. The second-order valence-electron chi connectivity index (χ2n) is 4.59. The van der Waals surface area contributed by atoms with E-state index in [9.17, 15) is 20.0 Å². The molecular weight excluding hydrogens is 334 g/mol. The van der Waals surface area contributed by atoms with Crippen molar-refractivity contribution < 1.29 is 14.8 Å². The molecule has 3 N–H and O–H groups in total. The number of thiophene rings is 1. The first kappa shape index (κ1) is 16.9. The number of hydrogen-bond donors (Lipinski definition) is 2. The molecule has 1 aromatic heterocycles. The number of nitriles is 1. The smallest absolute Gasteiger partial charge is 0.281 e. The highest BCUT2D eigenvalue weighted by atomic mass is 32.1. The molecule has 0 fully saturated rings. The molecule has 10 heteroatoms. The van der Waals surface area contributed by atoms with Gasteiger partial charge in [-0.15, -0.1) is 11.3 Å². The van der Waals surface area contributed by atoms with Gasteiger partial charge in [-0.05, 0) is 18.2 Å². The molecule has 0 unspecified atom stereocenters. The Hall–Kier alpha value is -3.45. The van der Waals surface area contributed by atoms with Gasteiger partial charge < -0.3 is 10.8 Å². The highest BCUT2D eigenvalue weighted by molar-refractivity contribution is 7.18. The standard InChI is InChI=1S/C14H11N5O4S/c1-7-9(5-15)13(16)24-12(7)14(21)18-17-6-8-2-3-11(20)10(4-8)19(22)23/h2-4,6,20H,16H2,1H3,(H,18,21)/p-1/b17-6-. The molecule has 122 valence electrons. The fourth-order valence-electron chi connectivity index (χ4n) is 1.87. The zero-order chi connectivity index (χ0) is 17.9. The van der Waals surface area contributed by atoms with E-state index in [0.29, 0.717) is 5.56 Å². The second-order valence-corrected chi connectivity index (χ2v) is 5.64. The lowest BCUT2D eigenvalue weighted by Gasteiger charge is -2.05. The Bertz CT molecular complexity index is 897. The molecule has 0 aliphatic heterocycles. The number of carbonyl (C=O) groups is 1. The highest BCUT2D eigenvalue weighted by Crippen LogP contribution is 2.29. The van der Waals surface area contributed by atoms with Crippen molar-refractivity contribution >= 4 is 34.1 Å². The van der Waals surface area contributed by atoms with Crippen molar-refractivity contribution in [2.75, 3.05) is 5.73 Å². The topological polar surface area (TPSA) is 157 Å². The molecule has 0 aliphatic rings. The molecule has 2 aromatic rings. The van der Waals surface area contributed by atoms with Gasteiger partial charge in [0.15, 0.2) is 0 Å². The summed E-state index contributed by atoms with van der Waals surface area (Å²) in [6, 6.07) is 5.36. The Labute approximate surface area is 139 Å². The van der Waals surface area contributed by atoms with Crippen molar-refractivity contribution in [3.63, 3.8) is 0 Å². The summed E-state index contributed by atoms with van der Waals surface area (Å²) in [6.07, 6.45) is 1.17. The number of nitrogens with one attached hydrogen (secondary N) is 1. The molecule has 0 spiro atoms. The number of anilines is 1. The van der Waals surface area contributed by atoms with Gasteiger partial charge in [-0.1, -0.05) is 12.1 Å². The average Bonchev–Trinajstić information content (AvgIpc) is 2.82. The molecule has 1 heterocycles. The largest absolute Gasteiger partial charge is 0.868 e. The van der Waals surface area contributed by atoms with Crippen LogP contribution in [0.4, 0.5) is 10.7 Å². The Morgan fingerprint density at radius 2 is 2.25 bits per heavy atom. The summed E-state index contributed by atoms with van der Waals surface area (Å²) in [5.41, 5.74) is 8.30. The predicted octanol–water partition coefficient (Wildman–Crippen LogP) is 1.26. The van der Waals surface area contributed by atoms with Gasteiger partial charge in [0.1, 0.15) is 15.9 Å². The zero-order valence-corrected chi connectivity index (χ0v) is 13.1. The molecule has 0 radical (unpaired) electrons. The molecule has 24 heavy (non-hydrogen) atoms. The van der Waals surface area contributed by atoms with Gasteiger partial charge in [0, 0.05) is 11.6 Å². The van der Waals surface area contributed by atoms with Gasteiger partial charge >= 0.3 is 0 Å². The van der Waals surface area contributed by atoms with Crippen molar-refractivity contribution in [1.29, 1.82) is 5.26 Å². The van der Waals surface area contributed by atoms with Crippen molar-refractivity contribution in [2.24, 2.45) is 5.10 Å². The zero-order valence-electron chi connectivity index (χ0n) is 12.3. The lowest BCUT2D eigenvalue weighted by molar-refractivity contribution is -0.398. The van der Waals surface area contributed by atoms with Crippen molar-refractivity contribution in [3.05, 3.63) is 49.9 Å². The second kappa shape index (κ2) is 6.76. The third kappa shape index (κ3) is 3.31. The van der Waals surface area contributed by atoms with Crippen LogP contribution in [0.3, 0.4) is 0 Å². The number of nitro benzene ring substituents is 1. The summed E-state index contributed by atoms with van der Waals surface area (Å²) in [4.78, 5) is 22.2. The summed E-state index contributed by atoms with van der Waals surface area (Å²) >= 11 is 0.967. The number of nitrogen functional groups attached to an aromatic ring is 1. The predicted molar refractivity (Wildman–Crippen MR) is 85.8 cm³/mol. The Morgan fingerprint density at radius 3 is 2.83 bits per heavy atom. The van der Waals surface area contributed by atoms with E-state index >= 15 is 0 Å². The monoisotopic (exact) mass is 344 g/mol. The van der Waals surface area contributed by atoms with Gasteiger partial charge in [0.05, 0.1) is 16.7 Å². The number of hydrogen-bond acceptors (Lipinski definition) is 8.